The summed E-state index contributed by atoms with van der Waals surface area (Å²) in [7, 11) is 0. The summed E-state index contributed by atoms with van der Waals surface area (Å²) in [5, 5.41) is 2.12. The van der Waals surface area contributed by atoms with Crippen molar-refractivity contribution in [3.63, 3.8) is 0 Å². The Morgan fingerprint density at radius 2 is 1.69 bits per heavy atom. The molecule has 0 heterocycles. The zero-order valence-corrected chi connectivity index (χ0v) is 10.3. The predicted molar refractivity (Wildman–Crippen MR) is 67.3 cm³/mol. The summed E-state index contributed by atoms with van der Waals surface area (Å²) in [6, 6.07) is 9.60. The van der Waals surface area contributed by atoms with E-state index < -0.39 is 0 Å². The zero-order chi connectivity index (χ0) is 11.9. The molecule has 2 rings (SSSR count). The van der Waals surface area contributed by atoms with Gasteiger partial charge in [0.2, 0.25) is 0 Å². The van der Waals surface area contributed by atoms with Gasteiger partial charge < -0.3 is 0 Å². The number of benzene rings is 2. The van der Waals surface area contributed by atoms with Gasteiger partial charge in [-0.2, -0.15) is 0 Å². The van der Waals surface area contributed by atoms with Gasteiger partial charge in [-0.15, -0.1) is 0 Å². The van der Waals surface area contributed by atoms with E-state index in [2.05, 4.69) is 6.07 Å². The van der Waals surface area contributed by atoms with Crippen molar-refractivity contribution < 1.29 is 4.39 Å². The minimum Gasteiger partial charge on any atom is -0.207 e. The average molecular weight is 216 g/mol. The normalized spacial score (nSPS) is 12.1. The molecule has 0 atom stereocenters. The average Bonchev–Trinajstić information content (AvgIpc) is 2.15. The molecule has 0 aromatic heterocycles. The first-order chi connectivity index (χ1) is 7.41. The summed E-state index contributed by atoms with van der Waals surface area (Å²) >= 11 is 0. The van der Waals surface area contributed by atoms with Crippen LogP contribution in [0.2, 0.25) is 0 Å². The van der Waals surface area contributed by atoms with E-state index in [-0.39, 0.29) is 11.2 Å². The molecule has 0 N–H and O–H groups in total. The molecule has 0 amide bonds. The second-order valence-corrected chi connectivity index (χ2v) is 5.33. The maximum Gasteiger partial charge on any atom is 0.127 e. The molecular weight excluding hydrogens is 199 g/mol. The third-order valence-corrected chi connectivity index (χ3v) is 3.01. The Bertz CT molecular complexity index is 533. The molecule has 0 unspecified atom stereocenters. The van der Waals surface area contributed by atoms with Gasteiger partial charge in [-0.25, -0.2) is 4.39 Å². The Morgan fingerprint density at radius 3 is 2.31 bits per heavy atom. The maximum atomic E-state index is 14.1. The van der Waals surface area contributed by atoms with Gasteiger partial charge in [-0.3, -0.25) is 0 Å². The zero-order valence-electron chi connectivity index (χ0n) is 10.3. The number of rotatable bonds is 0. The third kappa shape index (κ3) is 1.71. The molecule has 2 aromatic rings. The van der Waals surface area contributed by atoms with Gasteiger partial charge in [-0.05, 0) is 40.3 Å². The van der Waals surface area contributed by atoms with Crippen LogP contribution in [0.4, 0.5) is 4.39 Å². The van der Waals surface area contributed by atoms with Crippen molar-refractivity contribution in [3.05, 3.63) is 47.3 Å². The molecule has 0 bridgehead atoms. The summed E-state index contributed by atoms with van der Waals surface area (Å²) in [6.45, 7) is 8.15. The smallest absolute Gasteiger partial charge is 0.127 e. The highest BCUT2D eigenvalue weighted by molar-refractivity contribution is 5.87. The Balaban J connectivity index is 2.86. The quantitative estimate of drug-likeness (QED) is 0.604. The highest BCUT2D eigenvalue weighted by Gasteiger charge is 2.22. The van der Waals surface area contributed by atoms with Crippen LogP contribution in [0.15, 0.2) is 30.3 Å². The number of hydrogen-bond acceptors (Lipinski definition) is 0. The Morgan fingerprint density at radius 1 is 1.06 bits per heavy atom. The van der Waals surface area contributed by atoms with Gasteiger partial charge in [0.25, 0.3) is 0 Å². The van der Waals surface area contributed by atoms with Crippen LogP contribution >= 0.6 is 0 Å². The van der Waals surface area contributed by atoms with E-state index in [0.717, 1.165) is 21.9 Å². The van der Waals surface area contributed by atoms with E-state index in [1.807, 2.05) is 45.9 Å². The van der Waals surface area contributed by atoms with E-state index in [1.54, 1.807) is 6.07 Å². The first-order valence-electron chi connectivity index (χ1n) is 5.59. The standard InChI is InChI=1S/C15H17F/c1-10-12-8-6-5-7-11(12)9-13(16)14(10)15(2,3)4/h5-9H,1-4H3. The second-order valence-electron chi connectivity index (χ2n) is 5.33. The summed E-state index contributed by atoms with van der Waals surface area (Å²) in [4.78, 5) is 0. The number of fused-ring (bicyclic) bond motifs is 1. The predicted octanol–water partition coefficient (Wildman–Crippen LogP) is 4.58. The van der Waals surface area contributed by atoms with Crippen molar-refractivity contribution in [2.24, 2.45) is 0 Å². The van der Waals surface area contributed by atoms with Gasteiger partial charge >= 0.3 is 0 Å². The van der Waals surface area contributed by atoms with Crippen LogP contribution in [-0.4, -0.2) is 0 Å². The molecule has 0 spiro atoms. The van der Waals surface area contributed by atoms with Crippen LogP contribution in [0.1, 0.15) is 31.9 Å². The van der Waals surface area contributed by atoms with Crippen LogP contribution in [0.3, 0.4) is 0 Å². The van der Waals surface area contributed by atoms with E-state index >= 15 is 0 Å². The van der Waals surface area contributed by atoms with Gasteiger partial charge in [0.15, 0.2) is 0 Å². The van der Waals surface area contributed by atoms with Crippen molar-refractivity contribution in [1.29, 1.82) is 0 Å². The highest BCUT2D eigenvalue weighted by Crippen LogP contribution is 2.33. The summed E-state index contributed by atoms with van der Waals surface area (Å²) in [6.07, 6.45) is 0. The van der Waals surface area contributed by atoms with Crippen LogP contribution in [0.5, 0.6) is 0 Å². The minimum atomic E-state index is -0.155. The molecule has 0 nitrogen and oxygen atoms in total. The van der Waals surface area contributed by atoms with E-state index in [9.17, 15) is 4.39 Å². The lowest BCUT2D eigenvalue weighted by Crippen LogP contribution is -2.15. The lowest BCUT2D eigenvalue weighted by atomic mass is 9.82. The molecule has 0 saturated heterocycles. The minimum absolute atomic E-state index is 0.0938. The first kappa shape index (κ1) is 11.1. The fraction of sp³-hybridized carbons (Fsp3) is 0.333. The van der Waals surface area contributed by atoms with E-state index in [1.165, 1.54) is 0 Å². The van der Waals surface area contributed by atoms with Crippen LogP contribution < -0.4 is 0 Å². The van der Waals surface area contributed by atoms with Crippen LogP contribution in [0, 0.1) is 12.7 Å². The molecule has 0 aliphatic rings. The number of hydrogen-bond donors (Lipinski definition) is 0. The SMILES string of the molecule is Cc1c(C(C)(C)C)c(F)cc2ccccc12. The molecular formula is C15H17F. The summed E-state index contributed by atoms with van der Waals surface area (Å²) in [5.41, 5.74) is 1.73. The first-order valence-corrected chi connectivity index (χ1v) is 5.59. The van der Waals surface area contributed by atoms with Crippen LogP contribution in [0.25, 0.3) is 10.8 Å². The maximum absolute atomic E-state index is 14.1. The van der Waals surface area contributed by atoms with Gasteiger partial charge in [0.1, 0.15) is 5.82 Å². The molecule has 0 aliphatic carbocycles. The molecule has 84 valence electrons. The van der Waals surface area contributed by atoms with Crippen molar-refractivity contribution in [2.75, 3.05) is 0 Å². The fourth-order valence-corrected chi connectivity index (χ4v) is 2.41. The molecule has 0 aliphatic heterocycles. The number of halogens is 1. The Kier molecular flexibility index (Phi) is 2.49. The monoisotopic (exact) mass is 216 g/mol. The van der Waals surface area contributed by atoms with E-state index in [4.69, 9.17) is 0 Å². The lowest BCUT2D eigenvalue weighted by molar-refractivity contribution is 0.521. The Hall–Kier alpha value is -1.37. The Labute approximate surface area is 96.1 Å². The number of aryl methyl sites for hydroxylation is 1. The van der Waals surface area contributed by atoms with Gasteiger partial charge in [0.05, 0.1) is 0 Å². The fourth-order valence-electron chi connectivity index (χ4n) is 2.41. The molecule has 2 aromatic carbocycles. The lowest BCUT2D eigenvalue weighted by Gasteiger charge is -2.23. The van der Waals surface area contributed by atoms with Crippen molar-refractivity contribution in [2.45, 2.75) is 33.1 Å². The van der Waals surface area contributed by atoms with Crippen molar-refractivity contribution >= 4 is 10.8 Å². The second kappa shape index (κ2) is 3.58. The molecule has 0 saturated carbocycles. The summed E-state index contributed by atoms with van der Waals surface area (Å²) < 4.78 is 14.1. The highest BCUT2D eigenvalue weighted by atomic mass is 19.1. The molecule has 0 radical (unpaired) electrons. The van der Waals surface area contributed by atoms with Gasteiger partial charge in [-0.1, -0.05) is 45.0 Å². The largest absolute Gasteiger partial charge is 0.207 e. The van der Waals surface area contributed by atoms with Crippen molar-refractivity contribution in [1.82, 2.24) is 0 Å². The molecule has 16 heavy (non-hydrogen) atoms. The molecule has 1 heteroatoms. The topological polar surface area (TPSA) is 0 Å². The van der Waals surface area contributed by atoms with Crippen molar-refractivity contribution in [3.8, 4) is 0 Å². The van der Waals surface area contributed by atoms with Gasteiger partial charge in [0, 0.05) is 0 Å². The van der Waals surface area contributed by atoms with Crippen LogP contribution in [-0.2, 0) is 5.41 Å². The third-order valence-electron chi connectivity index (χ3n) is 3.01. The van der Waals surface area contributed by atoms with E-state index in [0.29, 0.717) is 0 Å². The summed E-state index contributed by atoms with van der Waals surface area (Å²) in [5.74, 6) is -0.0938. The molecule has 0 fully saturated rings.